The van der Waals surface area contributed by atoms with Crippen molar-refractivity contribution in [2.75, 3.05) is 0 Å². The standard InChI is InChI=1S/C32H18N8.H3N/c1-2-10-18-17(9-1)25-33-26(18)38-28-21-13-5-6-14-22(21)30(35-28)40-32-24-16-8-7-15-23(24)31(36-32)39-29-20-12-4-3-11-19(20)27(34-29)37-25;/h1-16H,(H2,33,34,35,36,37,38,39,40);1H3. The largest absolute Gasteiger partial charge is 0.344 e. The molecule has 9 rings (SSSR count). The van der Waals surface area contributed by atoms with Gasteiger partial charge in [-0.3, -0.25) is 0 Å². The van der Waals surface area contributed by atoms with Gasteiger partial charge in [0.15, 0.2) is 23.3 Å². The molecule has 194 valence electrons. The minimum absolute atomic E-state index is 0. The first kappa shape index (κ1) is 23.1. The molecule has 2 aliphatic rings. The Kier molecular flexibility index (Phi) is 4.85. The van der Waals surface area contributed by atoms with E-state index < -0.39 is 0 Å². The van der Waals surface area contributed by atoms with Crippen LogP contribution in [0.25, 0.3) is 89.7 Å². The predicted octanol–water partition coefficient (Wildman–Crippen LogP) is 7.03. The van der Waals surface area contributed by atoms with Crippen LogP contribution in [0.5, 0.6) is 0 Å². The van der Waals surface area contributed by atoms with Gasteiger partial charge in [0.05, 0.1) is 0 Å². The first-order chi connectivity index (χ1) is 19.8. The number of nitrogens with zero attached hydrogens (tertiary/aromatic N) is 6. The van der Waals surface area contributed by atoms with Crippen LogP contribution in [0.4, 0.5) is 0 Å². The van der Waals surface area contributed by atoms with Crippen LogP contribution in [0.15, 0.2) is 97.1 Å². The average molecular weight is 532 g/mol. The third kappa shape index (κ3) is 3.39. The number of hydrogen-bond donors (Lipinski definition) is 3. The van der Waals surface area contributed by atoms with E-state index in [0.29, 0.717) is 45.9 Å². The maximum Gasteiger partial charge on any atom is 0.164 e. The van der Waals surface area contributed by atoms with E-state index in [9.17, 15) is 0 Å². The van der Waals surface area contributed by atoms with Crippen LogP contribution < -0.4 is 6.15 Å². The summed E-state index contributed by atoms with van der Waals surface area (Å²) in [5.41, 5.74) is 6.45. The van der Waals surface area contributed by atoms with Crippen molar-refractivity contribution in [2.24, 2.45) is 0 Å². The third-order valence-electron chi connectivity index (χ3n) is 7.46. The van der Waals surface area contributed by atoms with Crippen LogP contribution in [0.1, 0.15) is 0 Å². The Morgan fingerprint density at radius 3 is 0.829 bits per heavy atom. The van der Waals surface area contributed by atoms with Gasteiger partial charge in [-0.1, -0.05) is 97.1 Å². The molecule has 0 unspecified atom stereocenters. The van der Waals surface area contributed by atoms with E-state index >= 15 is 0 Å². The summed E-state index contributed by atoms with van der Waals surface area (Å²) in [4.78, 5) is 36.8. The number of H-pyrrole nitrogens is 2. The van der Waals surface area contributed by atoms with Gasteiger partial charge in [0.1, 0.15) is 22.6 Å². The van der Waals surface area contributed by atoms with Crippen LogP contribution >= 0.6 is 0 Å². The SMILES string of the molecule is N.c1ccc2c(c1)-c1nc-2nc2[nH]c(nc3nc(nc4[nH]c(n1)c1ccccc41)-c1ccccc1-3)c1ccccc21. The van der Waals surface area contributed by atoms with Crippen LogP contribution in [-0.2, 0) is 0 Å². The van der Waals surface area contributed by atoms with Crippen molar-refractivity contribution in [3.63, 3.8) is 0 Å². The molecule has 2 aliphatic heterocycles. The smallest absolute Gasteiger partial charge is 0.164 e. The fourth-order valence-electron chi connectivity index (χ4n) is 5.59. The Morgan fingerprint density at radius 1 is 0.317 bits per heavy atom. The first-order valence-electron chi connectivity index (χ1n) is 13.0. The summed E-state index contributed by atoms with van der Waals surface area (Å²) in [6.07, 6.45) is 0. The van der Waals surface area contributed by atoms with Gasteiger partial charge >= 0.3 is 0 Å². The maximum atomic E-state index is 5.02. The van der Waals surface area contributed by atoms with Crippen molar-refractivity contribution < 1.29 is 0 Å². The molecule has 0 aliphatic carbocycles. The molecule has 0 saturated heterocycles. The molecule has 5 N–H and O–H groups in total. The zero-order chi connectivity index (χ0) is 26.2. The van der Waals surface area contributed by atoms with Crippen molar-refractivity contribution >= 4 is 44.1 Å². The van der Waals surface area contributed by atoms with Gasteiger partial charge in [-0.05, 0) is 0 Å². The molecule has 7 aromatic rings. The third-order valence-corrected chi connectivity index (χ3v) is 7.46. The lowest BCUT2D eigenvalue weighted by atomic mass is 10.1. The highest BCUT2D eigenvalue weighted by atomic mass is 15.1. The fourth-order valence-corrected chi connectivity index (χ4v) is 5.59. The minimum Gasteiger partial charge on any atom is -0.344 e. The zero-order valence-corrected chi connectivity index (χ0v) is 21.6. The van der Waals surface area contributed by atoms with Gasteiger partial charge in [0.2, 0.25) is 0 Å². The highest BCUT2D eigenvalue weighted by Crippen LogP contribution is 2.36. The summed E-state index contributed by atoms with van der Waals surface area (Å²) in [7, 11) is 0. The number of aromatic amines is 2. The van der Waals surface area contributed by atoms with E-state index in [1.807, 2.05) is 97.1 Å². The number of hydrogen-bond acceptors (Lipinski definition) is 7. The molecule has 4 aromatic carbocycles. The Balaban J connectivity index is 0.00000256. The maximum absolute atomic E-state index is 5.02. The summed E-state index contributed by atoms with van der Waals surface area (Å²) in [6, 6.07) is 32.2. The van der Waals surface area contributed by atoms with Crippen molar-refractivity contribution in [3.8, 4) is 45.6 Å². The minimum atomic E-state index is 0. The molecule has 0 fully saturated rings. The van der Waals surface area contributed by atoms with Crippen molar-refractivity contribution in [3.05, 3.63) is 97.1 Å². The lowest BCUT2D eigenvalue weighted by molar-refractivity contribution is 1.19. The number of nitrogens with one attached hydrogen (secondary N) is 2. The van der Waals surface area contributed by atoms with Gasteiger partial charge in [0, 0.05) is 43.8 Å². The molecule has 0 saturated carbocycles. The molecule has 9 heteroatoms. The second kappa shape index (κ2) is 8.60. The number of benzene rings is 4. The van der Waals surface area contributed by atoms with Gasteiger partial charge in [-0.15, -0.1) is 0 Å². The highest BCUT2D eigenvalue weighted by molar-refractivity contribution is 6.06. The summed E-state index contributed by atoms with van der Waals surface area (Å²) >= 11 is 0. The molecule has 0 spiro atoms. The molecule has 8 bridgehead atoms. The molecule has 0 amide bonds. The summed E-state index contributed by atoms with van der Waals surface area (Å²) < 4.78 is 0. The van der Waals surface area contributed by atoms with Gasteiger partial charge in [0.25, 0.3) is 0 Å². The molecule has 0 radical (unpaired) electrons. The summed E-state index contributed by atoms with van der Waals surface area (Å²) in [5.74, 6) is 2.39. The molecular formula is C32H21N9. The van der Waals surface area contributed by atoms with Crippen LogP contribution in [0.3, 0.4) is 0 Å². The molecular weight excluding hydrogens is 510 g/mol. The van der Waals surface area contributed by atoms with E-state index in [0.717, 1.165) is 43.8 Å². The van der Waals surface area contributed by atoms with Crippen molar-refractivity contribution in [2.45, 2.75) is 0 Å². The Labute approximate surface area is 232 Å². The van der Waals surface area contributed by atoms with Crippen LogP contribution in [0, 0.1) is 0 Å². The topological polar surface area (TPSA) is 144 Å². The molecule has 9 nitrogen and oxygen atoms in total. The van der Waals surface area contributed by atoms with E-state index in [-0.39, 0.29) is 6.15 Å². The zero-order valence-electron chi connectivity index (χ0n) is 21.6. The second-order valence-corrected chi connectivity index (χ2v) is 9.79. The Hall–Kier alpha value is -5.80. The molecule has 41 heavy (non-hydrogen) atoms. The van der Waals surface area contributed by atoms with Gasteiger partial charge in [-0.2, -0.15) is 0 Å². The predicted molar refractivity (Wildman–Crippen MR) is 161 cm³/mol. The highest BCUT2D eigenvalue weighted by Gasteiger charge is 2.21. The normalized spacial score (nSPS) is 11.7. The van der Waals surface area contributed by atoms with Crippen molar-refractivity contribution in [1.82, 2.24) is 46.0 Å². The Morgan fingerprint density at radius 2 is 0.561 bits per heavy atom. The van der Waals surface area contributed by atoms with E-state index in [4.69, 9.17) is 29.9 Å². The average Bonchev–Trinajstić information content (AvgIpc) is 3.73. The first-order valence-corrected chi connectivity index (χ1v) is 13.0. The van der Waals surface area contributed by atoms with E-state index in [1.165, 1.54) is 0 Å². The number of aromatic nitrogens is 8. The van der Waals surface area contributed by atoms with E-state index in [1.54, 1.807) is 0 Å². The summed E-state index contributed by atoms with van der Waals surface area (Å²) in [6.45, 7) is 0. The van der Waals surface area contributed by atoms with Crippen LogP contribution in [0.2, 0.25) is 0 Å². The fraction of sp³-hybridized carbons (Fsp3) is 0. The van der Waals surface area contributed by atoms with Crippen LogP contribution in [-0.4, -0.2) is 39.9 Å². The number of fused-ring (bicyclic) bond motifs is 20. The lowest BCUT2D eigenvalue weighted by Crippen LogP contribution is -1.82. The number of rotatable bonds is 0. The summed E-state index contributed by atoms with van der Waals surface area (Å²) in [5, 5.41) is 3.82. The lowest BCUT2D eigenvalue weighted by Gasteiger charge is -1.96. The van der Waals surface area contributed by atoms with Gasteiger partial charge < -0.3 is 16.1 Å². The Bertz CT molecular complexity index is 2030. The quantitative estimate of drug-likeness (QED) is 0.190. The molecule has 5 heterocycles. The van der Waals surface area contributed by atoms with Crippen molar-refractivity contribution in [1.29, 1.82) is 0 Å². The monoisotopic (exact) mass is 531 g/mol. The molecule has 3 aromatic heterocycles. The van der Waals surface area contributed by atoms with Gasteiger partial charge in [-0.25, -0.2) is 29.9 Å². The molecule has 0 atom stereocenters. The van der Waals surface area contributed by atoms with E-state index in [2.05, 4.69) is 9.97 Å². The second-order valence-electron chi connectivity index (χ2n) is 9.79.